The molecule has 0 radical (unpaired) electrons. The van der Waals surface area contributed by atoms with Crippen molar-refractivity contribution in [2.45, 2.75) is 97.5 Å². The summed E-state index contributed by atoms with van der Waals surface area (Å²) in [7, 11) is 0. The van der Waals surface area contributed by atoms with Gasteiger partial charge in [0.05, 0.1) is 37.1 Å². The van der Waals surface area contributed by atoms with Crippen molar-refractivity contribution in [3.63, 3.8) is 0 Å². The highest BCUT2D eigenvalue weighted by Crippen LogP contribution is 2.41. The third-order valence-corrected chi connectivity index (χ3v) is 7.33. The van der Waals surface area contributed by atoms with Crippen molar-refractivity contribution in [2.24, 2.45) is 5.92 Å². The molecule has 0 unspecified atom stereocenters. The Morgan fingerprint density at radius 1 is 0.860 bits per heavy atom. The smallest absolute Gasteiger partial charge is 0.493 e. The van der Waals surface area contributed by atoms with Crippen molar-refractivity contribution < 1.29 is 63.3 Å². The lowest BCUT2D eigenvalue weighted by atomic mass is 9.97. The van der Waals surface area contributed by atoms with E-state index in [1.165, 1.54) is 31.2 Å². The summed E-state index contributed by atoms with van der Waals surface area (Å²) in [5.41, 5.74) is 0.322. The van der Waals surface area contributed by atoms with Crippen LogP contribution in [0.4, 0.5) is 39.5 Å². The molecule has 0 atom stereocenters. The van der Waals surface area contributed by atoms with Gasteiger partial charge in [-0.05, 0) is 55.5 Å². The van der Waals surface area contributed by atoms with E-state index in [4.69, 9.17) is 4.74 Å². The molecule has 0 bridgehead atoms. The Kier molecular flexibility index (Phi) is 13.5. The average molecular weight is 726 g/mol. The van der Waals surface area contributed by atoms with Crippen molar-refractivity contribution >= 4 is 16.9 Å². The molecule has 6 nitrogen and oxygen atoms in total. The van der Waals surface area contributed by atoms with E-state index in [0.717, 1.165) is 25.3 Å². The van der Waals surface area contributed by atoms with Gasteiger partial charge in [-0.15, -0.1) is 8.78 Å². The average Bonchev–Trinajstić information content (AvgIpc) is 3.32. The van der Waals surface area contributed by atoms with E-state index >= 15 is 0 Å². The van der Waals surface area contributed by atoms with Gasteiger partial charge in [-0.3, -0.25) is 0 Å². The van der Waals surface area contributed by atoms with Gasteiger partial charge in [0, 0.05) is 34.8 Å². The normalized spacial score (nSPS) is 12.9. The number of aryl methyl sites for hydroxylation is 1. The van der Waals surface area contributed by atoms with Gasteiger partial charge in [0.25, 0.3) is 0 Å². The molecule has 0 aliphatic rings. The SMILES string of the molecule is C=C(C)C(=O)OCCC(F)(F)OC(F)(F)OC(F)(F)CCOc1ccc2cc(-c3ccc(CCCCC)cc3C(F)(F)F)n(CC(C)C)c2c1. The highest BCUT2D eigenvalue weighted by molar-refractivity contribution is 5.89. The van der Waals surface area contributed by atoms with Gasteiger partial charge in [0.2, 0.25) is 0 Å². The summed E-state index contributed by atoms with van der Waals surface area (Å²) < 4.78 is 145. The first-order valence-corrected chi connectivity index (χ1v) is 16.0. The maximum Gasteiger partial charge on any atom is 0.494 e. The number of unbranched alkanes of at least 4 members (excludes halogenated alkanes) is 2. The Bertz CT molecular complexity index is 1620. The Morgan fingerprint density at radius 3 is 2.08 bits per heavy atom. The standard InChI is InChI=1S/C35H40F9NO5/c1-6-7-8-9-24-10-13-27(28(18-24)34(40,41)42)30-19-25-11-12-26(20-29(25)45(30)21-22(2)3)47-16-14-32(36,37)49-35(43,44)50-33(38,39)15-17-48-31(46)23(4)5/h10-13,18-20,22H,4,6-9,14-17,21H2,1-3,5H3. The molecule has 0 saturated heterocycles. The lowest BCUT2D eigenvalue weighted by Gasteiger charge is -2.26. The van der Waals surface area contributed by atoms with Crippen LogP contribution in [0.1, 0.15) is 70.9 Å². The number of carbonyl (C=O) groups is 1. The summed E-state index contributed by atoms with van der Waals surface area (Å²) in [6, 6.07) is 10.2. The quantitative estimate of drug-likeness (QED) is 0.0405. The molecule has 278 valence electrons. The molecule has 1 aromatic heterocycles. The predicted molar refractivity (Wildman–Crippen MR) is 168 cm³/mol. The van der Waals surface area contributed by atoms with E-state index in [1.807, 2.05) is 20.8 Å². The van der Waals surface area contributed by atoms with Gasteiger partial charge >= 0.3 is 30.7 Å². The van der Waals surface area contributed by atoms with Crippen molar-refractivity contribution in [1.82, 2.24) is 4.57 Å². The highest BCUT2D eigenvalue weighted by Gasteiger charge is 2.52. The Morgan fingerprint density at radius 2 is 1.50 bits per heavy atom. The number of halogens is 9. The fourth-order valence-electron chi connectivity index (χ4n) is 5.04. The Labute approximate surface area is 284 Å². The Hall–Kier alpha value is -3.72. The summed E-state index contributed by atoms with van der Waals surface area (Å²) in [4.78, 5) is 11.2. The number of fused-ring (bicyclic) bond motifs is 1. The van der Waals surface area contributed by atoms with Gasteiger partial charge in [-0.25, -0.2) is 14.3 Å². The zero-order chi connectivity index (χ0) is 37.5. The van der Waals surface area contributed by atoms with Crippen LogP contribution in [0.3, 0.4) is 0 Å². The number of benzene rings is 2. The number of carbonyl (C=O) groups excluding carboxylic acids is 1. The minimum atomic E-state index is -5.44. The maximum atomic E-state index is 14.3. The maximum absolute atomic E-state index is 14.3. The lowest BCUT2D eigenvalue weighted by molar-refractivity contribution is -0.514. The minimum Gasteiger partial charge on any atom is -0.493 e. The summed E-state index contributed by atoms with van der Waals surface area (Å²) >= 11 is 0. The fraction of sp³-hybridized carbons (Fsp3) is 0.514. The van der Waals surface area contributed by atoms with Crippen molar-refractivity contribution in [3.05, 3.63) is 65.7 Å². The largest absolute Gasteiger partial charge is 0.494 e. The van der Waals surface area contributed by atoms with Gasteiger partial charge < -0.3 is 14.0 Å². The van der Waals surface area contributed by atoms with Crippen LogP contribution in [0, 0.1) is 5.92 Å². The summed E-state index contributed by atoms with van der Waals surface area (Å²) in [5.74, 6) is -1.10. The predicted octanol–water partition coefficient (Wildman–Crippen LogP) is 10.8. The van der Waals surface area contributed by atoms with E-state index in [0.29, 0.717) is 29.4 Å². The van der Waals surface area contributed by atoms with E-state index < -0.39 is 62.3 Å². The van der Waals surface area contributed by atoms with E-state index in [1.54, 1.807) is 16.7 Å². The molecule has 0 fully saturated rings. The van der Waals surface area contributed by atoms with Crippen LogP contribution in [-0.4, -0.2) is 42.3 Å². The zero-order valence-corrected chi connectivity index (χ0v) is 28.1. The second kappa shape index (κ2) is 16.5. The molecule has 15 heteroatoms. The molecule has 0 saturated carbocycles. The zero-order valence-electron chi connectivity index (χ0n) is 28.1. The lowest BCUT2D eigenvalue weighted by Crippen LogP contribution is -2.41. The Balaban J connectivity index is 1.77. The minimum absolute atomic E-state index is 0.0101. The van der Waals surface area contributed by atoms with Gasteiger partial charge in [0.1, 0.15) is 5.75 Å². The third kappa shape index (κ3) is 12.0. The first kappa shape index (κ1) is 40.7. The van der Waals surface area contributed by atoms with E-state index in [2.05, 4.69) is 20.8 Å². The van der Waals surface area contributed by atoms with Crippen molar-refractivity contribution in [3.8, 4) is 17.0 Å². The monoisotopic (exact) mass is 725 g/mol. The van der Waals surface area contributed by atoms with Crippen LogP contribution in [0.5, 0.6) is 5.75 Å². The molecule has 0 spiro atoms. The molecule has 0 N–H and O–H groups in total. The molecular weight excluding hydrogens is 685 g/mol. The van der Waals surface area contributed by atoms with Crippen molar-refractivity contribution in [1.29, 1.82) is 0 Å². The van der Waals surface area contributed by atoms with Crippen LogP contribution < -0.4 is 4.74 Å². The fourth-order valence-corrected chi connectivity index (χ4v) is 5.04. The number of alkyl halides is 9. The first-order chi connectivity index (χ1) is 23.1. The molecule has 2 aromatic carbocycles. The van der Waals surface area contributed by atoms with Gasteiger partial charge in [-0.1, -0.05) is 52.3 Å². The van der Waals surface area contributed by atoms with E-state index in [-0.39, 0.29) is 28.5 Å². The second-order valence-electron chi connectivity index (χ2n) is 12.3. The van der Waals surface area contributed by atoms with Crippen LogP contribution in [0.15, 0.2) is 54.6 Å². The summed E-state index contributed by atoms with van der Waals surface area (Å²) in [5, 5.41) is 0.536. The highest BCUT2D eigenvalue weighted by atomic mass is 19.4. The van der Waals surface area contributed by atoms with Crippen LogP contribution in [0.25, 0.3) is 22.2 Å². The number of ether oxygens (including phenoxy) is 4. The topological polar surface area (TPSA) is 58.9 Å². The van der Waals surface area contributed by atoms with Gasteiger partial charge in [-0.2, -0.15) is 30.7 Å². The number of rotatable bonds is 19. The number of hydrogen-bond acceptors (Lipinski definition) is 5. The molecule has 3 aromatic rings. The number of hydrogen-bond donors (Lipinski definition) is 0. The van der Waals surface area contributed by atoms with E-state index in [9.17, 15) is 44.3 Å². The molecule has 50 heavy (non-hydrogen) atoms. The molecule has 0 aliphatic carbocycles. The number of aromatic nitrogens is 1. The molecule has 0 amide bonds. The molecule has 1 heterocycles. The molecule has 0 aliphatic heterocycles. The summed E-state index contributed by atoms with van der Waals surface area (Å²) in [6.07, 6.45) is -19.5. The summed E-state index contributed by atoms with van der Waals surface area (Å²) in [6.45, 7) is 8.47. The molecule has 3 rings (SSSR count). The van der Waals surface area contributed by atoms with Crippen molar-refractivity contribution in [2.75, 3.05) is 13.2 Å². The third-order valence-electron chi connectivity index (χ3n) is 7.33. The van der Waals surface area contributed by atoms with Crippen LogP contribution in [-0.2, 0) is 38.1 Å². The second-order valence-corrected chi connectivity index (χ2v) is 12.3. The number of esters is 1. The first-order valence-electron chi connectivity index (χ1n) is 16.0. The van der Waals surface area contributed by atoms with Crippen LogP contribution in [0.2, 0.25) is 0 Å². The molecular formula is C35H40F9NO5. The van der Waals surface area contributed by atoms with Gasteiger partial charge in [0.15, 0.2) is 0 Å². The van der Waals surface area contributed by atoms with Crippen LogP contribution >= 0.6 is 0 Å². The number of nitrogens with zero attached hydrogens (tertiary/aromatic N) is 1.